The van der Waals surface area contributed by atoms with Gasteiger partial charge in [-0.15, -0.1) is 0 Å². The number of pyridine rings is 1. The van der Waals surface area contributed by atoms with E-state index in [4.69, 9.17) is 0 Å². The van der Waals surface area contributed by atoms with Crippen LogP contribution in [-0.4, -0.2) is 59.1 Å². The fraction of sp³-hybridized carbons (Fsp3) is 0.500. The summed E-state index contributed by atoms with van der Waals surface area (Å²) in [5.41, 5.74) is 3.24. The summed E-state index contributed by atoms with van der Waals surface area (Å²) in [7, 11) is -1.11. The van der Waals surface area contributed by atoms with Crippen molar-refractivity contribution in [3.63, 3.8) is 0 Å². The number of sulfone groups is 1. The van der Waals surface area contributed by atoms with E-state index in [-0.39, 0.29) is 30.0 Å². The lowest BCUT2D eigenvalue weighted by Crippen LogP contribution is -2.30. The molecule has 1 fully saturated rings. The van der Waals surface area contributed by atoms with Crippen LogP contribution in [0.4, 0.5) is 5.69 Å². The van der Waals surface area contributed by atoms with Gasteiger partial charge in [-0.05, 0) is 45.0 Å². The minimum absolute atomic E-state index is 0.108. The standard InChI is InChI=1S/C18H25N5O3S/c1-13-18(14(2)23(21-13)16-6-9-27(25,26)12-16)20-17(24)11-22(3)10-15-4-7-19-8-5-15/h4-5,7-8,16H,6,9-12H2,1-3H3,(H,20,24). The maximum Gasteiger partial charge on any atom is 0.238 e. The highest BCUT2D eigenvalue weighted by Gasteiger charge is 2.31. The molecular weight excluding hydrogens is 366 g/mol. The van der Waals surface area contributed by atoms with Crippen LogP contribution in [0.15, 0.2) is 24.5 Å². The number of likely N-dealkylation sites (N-methyl/N-ethyl adjacent to an activating group) is 1. The van der Waals surface area contributed by atoms with Gasteiger partial charge in [-0.3, -0.25) is 19.4 Å². The van der Waals surface area contributed by atoms with Crippen molar-refractivity contribution in [2.75, 3.05) is 30.4 Å². The topological polar surface area (TPSA) is 97.2 Å². The first kappa shape index (κ1) is 19.5. The Hall–Kier alpha value is -2.26. The summed E-state index contributed by atoms with van der Waals surface area (Å²) in [6, 6.07) is 3.68. The Morgan fingerprint density at radius 1 is 1.33 bits per heavy atom. The summed E-state index contributed by atoms with van der Waals surface area (Å²) in [4.78, 5) is 18.4. The van der Waals surface area contributed by atoms with Gasteiger partial charge in [0.05, 0.1) is 41.2 Å². The molecule has 0 aliphatic carbocycles. The maximum atomic E-state index is 12.5. The van der Waals surface area contributed by atoms with Crippen LogP contribution < -0.4 is 5.32 Å². The molecule has 0 spiro atoms. The number of hydrogen-bond donors (Lipinski definition) is 1. The molecule has 9 heteroatoms. The lowest BCUT2D eigenvalue weighted by molar-refractivity contribution is -0.117. The number of hydrogen-bond acceptors (Lipinski definition) is 6. The van der Waals surface area contributed by atoms with Crippen LogP contribution in [0.5, 0.6) is 0 Å². The molecule has 2 aromatic rings. The number of aryl methyl sites for hydroxylation is 1. The van der Waals surface area contributed by atoms with Crippen LogP contribution in [0.25, 0.3) is 0 Å². The molecule has 1 aliphatic heterocycles. The molecule has 8 nitrogen and oxygen atoms in total. The molecule has 0 bridgehead atoms. The van der Waals surface area contributed by atoms with Gasteiger partial charge in [0.1, 0.15) is 0 Å². The smallest absolute Gasteiger partial charge is 0.238 e. The van der Waals surface area contributed by atoms with Crippen molar-refractivity contribution in [2.45, 2.75) is 32.9 Å². The van der Waals surface area contributed by atoms with Gasteiger partial charge >= 0.3 is 0 Å². The van der Waals surface area contributed by atoms with Crippen molar-refractivity contribution in [1.82, 2.24) is 19.7 Å². The van der Waals surface area contributed by atoms with Gasteiger partial charge < -0.3 is 5.32 Å². The highest BCUT2D eigenvalue weighted by molar-refractivity contribution is 7.91. The van der Waals surface area contributed by atoms with Crippen LogP contribution in [-0.2, 0) is 21.2 Å². The number of anilines is 1. The monoisotopic (exact) mass is 391 g/mol. The minimum atomic E-state index is -2.99. The van der Waals surface area contributed by atoms with Crippen molar-refractivity contribution in [1.29, 1.82) is 0 Å². The Labute approximate surface area is 159 Å². The van der Waals surface area contributed by atoms with Crippen molar-refractivity contribution in [2.24, 2.45) is 0 Å². The van der Waals surface area contributed by atoms with Gasteiger partial charge in [-0.1, -0.05) is 0 Å². The van der Waals surface area contributed by atoms with E-state index in [2.05, 4.69) is 15.4 Å². The first-order valence-electron chi connectivity index (χ1n) is 8.88. The summed E-state index contributed by atoms with van der Waals surface area (Å²) < 4.78 is 25.2. The summed E-state index contributed by atoms with van der Waals surface area (Å²) >= 11 is 0. The zero-order valence-corrected chi connectivity index (χ0v) is 16.7. The first-order chi connectivity index (χ1) is 12.7. The van der Waals surface area contributed by atoms with Gasteiger partial charge in [0, 0.05) is 18.9 Å². The second-order valence-corrected chi connectivity index (χ2v) is 9.35. The van der Waals surface area contributed by atoms with E-state index in [0.29, 0.717) is 24.3 Å². The molecule has 3 rings (SSSR count). The van der Waals surface area contributed by atoms with Crippen LogP contribution >= 0.6 is 0 Å². The maximum absolute atomic E-state index is 12.5. The average molecular weight is 391 g/mol. The Bertz CT molecular complexity index is 924. The van der Waals surface area contributed by atoms with Crippen LogP contribution in [0, 0.1) is 13.8 Å². The molecule has 1 atom stereocenters. The zero-order valence-electron chi connectivity index (χ0n) is 15.8. The van der Waals surface area contributed by atoms with E-state index in [1.54, 1.807) is 17.1 Å². The Morgan fingerprint density at radius 2 is 2.04 bits per heavy atom. The lowest BCUT2D eigenvalue weighted by Gasteiger charge is -2.16. The first-order valence-corrected chi connectivity index (χ1v) is 10.7. The third-order valence-corrected chi connectivity index (χ3v) is 6.51. The Morgan fingerprint density at radius 3 is 2.67 bits per heavy atom. The number of nitrogens with zero attached hydrogens (tertiary/aromatic N) is 4. The fourth-order valence-corrected chi connectivity index (χ4v) is 5.14. The van der Waals surface area contributed by atoms with Crippen molar-refractivity contribution in [3.8, 4) is 0 Å². The van der Waals surface area contributed by atoms with E-state index in [1.807, 2.05) is 37.9 Å². The summed E-state index contributed by atoms with van der Waals surface area (Å²) in [5.74, 6) is 0.172. The molecule has 1 unspecified atom stereocenters. The third kappa shape index (κ3) is 4.72. The number of amides is 1. The van der Waals surface area contributed by atoms with Crippen LogP contribution in [0.3, 0.4) is 0 Å². The molecule has 27 heavy (non-hydrogen) atoms. The van der Waals surface area contributed by atoms with Gasteiger partial charge in [-0.2, -0.15) is 5.10 Å². The molecule has 0 saturated carbocycles. The summed E-state index contributed by atoms with van der Waals surface area (Å²) in [6.45, 7) is 4.57. The van der Waals surface area contributed by atoms with Crippen LogP contribution in [0.1, 0.15) is 29.4 Å². The SMILES string of the molecule is Cc1nn(C2CCS(=O)(=O)C2)c(C)c1NC(=O)CN(C)Cc1ccncc1. The van der Waals surface area contributed by atoms with Gasteiger partial charge in [0.25, 0.3) is 0 Å². The van der Waals surface area contributed by atoms with Crippen molar-refractivity contribution >= 4 is 21.4 Å². The zero-order chi connectivity index (χ0) is 19.6. The normalized spacial score (nSPS) is 18.7. The molecule has 1 aliphatic rings. The molecule has 1 saturated heterocycles. The van der Waals surface area contributed by atoms with Gasteiger partial charge in [0.15, 0.2) is 9.84 Å². The fourth-order valence-electron chi connectivity index (χ4n) is 3.45. The predicted octanol–water partition coefficient (Wildman–Crippen LogP) is 1.33. The molecule has 2 aromatic heterocycles. The number of carbonyl (C=O) groups is 1. The van der Waals surface area contributed by atoms with E-state index in [0.717, 1.165) is 11.3 Å². The molecule has 1 N–H and O–H groups in total. The van der Waals surface area contributed by atoms with Gasteiger partial charge in [0.2, 0.25) is 5.91 Å². The van der Waals surface area contributed by atoms with E-state index in [1.165, 1.54) is 0 Å². The third-order valence-electron chi connectivity index (χ3n) is 4.76. The second kappa shape index (κ2) is 7.77. The number of nitrogens with one attached hydrogen (secondary N) is 1. The van der Waals surface area contributed by atoms with Crippen molar-refractivity contribution in [3.05, 3.63) is 41.5 Å². The average Bonchev–Trinajstić information content (AvgIpc) is 3.09. The number of rotatable bonds is 6. The molecular formula is C18H25N5O3S. The van der Waals surface area contributed by atoms with E-state index in [9.17, 15) is 13.2 Å². The molecule has 0 aromatic carbocycles. The number of aromatic nitrogens is 3. The van der Waals surface area contributed by atoms with Crippen LogP contribution in [0.2, 0.25) is 0 Å². The second-order valence-electron chi connectivity index (χ2n) is 7.12. The lowest BCUT2D eigenvalue weighted by atomic mass is 10.2. The molecule has 1 amide bonds. The Kier molecular flexibility index (Phi) is 5.61. The van der Waals surface area contributed by atoms with E-state index < -0.39 is 9.84 Å². The highest BCUT2D eigenvalue weighted by Crippen LogP contribution is 2.29. The minimum Gasteiger partial charge on any atom is -0.322 e. The van der Waals surface area contributed by atoms with E-state index >= 15 is 0 Å². The Balaban J connectivity index is 1.64. The molecule has 3 heterocycles. The predicted molar refractivity (Wildman–Crippen MR) is 103 cm³/mol. The van der Waals surface area contributed by atoms with Crippen molar-refractivity contribution < 1.29 is 13.2 Å². The number of carbonyl (C=O) groups excluding carboxylic acids is 1. The quantitative estimate of drug-likeness (QED) is 0.798. The van der Waals surface area contributed by atoms with Gasteiger partial charge in [-0.25, -0.2) is 8.42 Å². The molecule has 146 valence electrons. The summed E-state index contributed by atoms with van der Waals surface area (Å²) in [6.07, 6.45) is 4.02. The largest absolute Gasteiger partial charge is 0.322 e. The highest BCUT2D eigenvalue weighted by atomic mass is 32.2. The summed E-state index contributed by atoms with van der Waals surface area (Å²) in [5, 5.41) is 7.41. The molecule has 0 radical (unpaired) electrons.